The monoisotopic (exact) mass is 302 g/mol. The van der Waals surface area contributed by atoms with Gasteiger partial charge in [-0.3, -0.25) is 9.78 Å². The molecule has 0 bridgehead atoms. The number of nitrogens with zero attached hydrogens (tertiary/aromatic N) is 2. The van der Waals surface area contributed by atoms with Crippen LogP contribution in [0.5, 0.6) is 5.75 Å². The number of hydrogen-bond donors (Lipinski definition) is 0. The Kier molecular flexibility index (Phi) is 5.09. The Labute approximate surface area is 129 Å². The summed E-state index contributed by atoms with van der Waals surface area (Å²) in [5.74, 6) is -0.845. The van der Waals surface area contributed by atoms with Gasteiger partial charge in [-0.15, -0.1) is 0 Å². The van der Waals surface area contributed by atoms with E-state index in [9.17, 15) is 9.18 Å². The second-order valence-electron chi connectivity index (χ2n) is 4.90. The van der Waals surface area contributed by atoms with E-state index in [1.807, 2.05) is 25.1 Å². The fourth-order valence-corrected chi connectivity index (χ4v) is 2.16. The zero-order valence-electron chi connectivity index (χ0n) is 12.9. The molecule has 0 N–H and O–H groups in total. The Morgan fingerprint density at radius 2 is 2.09 bits per heavy atom. The third-order valence-corrected chi connectivity index (χ3v) is 3.50. The SMILES string of the molecule is CCOc1c(F)cccc1C(=O)N(C)[C@@H](C)c1ccccn1. The number of pyridine rings is 1. The Balaban J connectivity index is 2.30. The number of aromatic nitrogens is 1. The molecule has 1 aromatic carbocycles. The molecule has 1 aromatic heterocycles. The van der Waals surface area contributed by atoms with Crippen molar-refractivity contribution < 1.29 is 13.9 Å². The highest BCUT2D eigenvalue weighted by atomic mass is 19.1. The van der Waals surface area contributed by atoms with Crippen molar-refractivity contribution in [3.8, 4) is 5.75 Å². The summed E-state index contributed by atoms with van der Waals surface area (Å²) in [7, 11) is 1.67. The summed E-state index contributed by atoms with van der Waals surface area (Å²) in [6.45, 7) is 3.92. The van der Waals surface area contributed by atoms with Crippen LogP contribution in [-0.2, 0) is 0 Å². The fourth-order valence-electron chi connectivity index (χ4n) is 2.16. The smallest absolute Gasteiger partial charge is 0.258 e. The van der Waals surface area contributed by atoms with Gasteiger partial charge < -0.3 is 9.64 Å². The number of hydrogen-bond acceptors (Lipinski definition) is 3. The molecule has 0 unspecified atom stereocenters. The Morgan fingerprint density at radius 1 is 1.32 bits per heavy atom. The second kappa shape index (κ2) is 7.02. The molecule has 0 aliphatic rings. The lowest BCUT2D eigenvalue weighted by atomic mass is 10.1. The number of benzene rings is 1. The molecule has 0 fully saturated rings. The van der Waals surface area contributed by atoms with Crippen molar-refractivity contribution in [1.82, 2.24) is 9.88 Å². The van der Waals surface area contributed by atoms with E-state index in [2.05, 4.69) is 4.98 Å². The van der Waals surface area contributed by atoms with E-state index in [1.165, 1.54) is 17.0 Å². The molecule has 1 atom stereocenters. The predicted molar refractivity (Wildman–Crippen MR) is 82.3 cm³/mol. The summed E-state index contributed by atoms with van der Waals surface area (Å²) in [4.78, 5) is 18.4. The van der Waals surface area contributed by atoms with Crippen LogP contribution in [0.1, 0.15) is 35.9 Å². The van der Waals surface area contributed by atoms with Crippen molar-refractivity contribution >= 4 is 5.91 Å². The Bertz CT molecular complexity index is 646. The molecule has 0 saturated carbocycles. The second-order valence-corrected chi connectivity index (χ2v) is 4.90. The van der Waals surface area contributed by atoms with E-state index >= 15 is 0 Å². The standard InChI is InChI=1S/C17H19FN2O2/c1-4-22-16-13(8-7-9-14(16)18)17(21)20(3)12(2)15-10-5-6-11-19-15/h5-12H,4H2,1-3H3/t12-/m0/s1. The molecule has 2 aromatic rings. The van der Waals surface area contributed by atoms with E-state index in [4.69, 9.17) is 4.74 Å². The molecule has 4 nitrogen and oxygen atoms in total. The van der Waals surface area contributed by atoms with Gasteiger partial charge >= 0.3 is 0 Å². The zero-order valence-corrected chi connectivity index (χ0v) is 12.9. The van der Waals surface area contributed by atoms with Gasteiger partial charge in [-0.25, -0.2) is 4.39 Å². The molecule has 0 radical (unpaired) electrons. The molecule has 116 valence electrons. The van der Waals surface area contributed by atoms with Gasteiger partial charge in [0.2, 0.25) is 0 Å². The van der Waals surface area contributed by atoms with Crippen molar-refractivity contribution in [3.63, 3.8) is 0 Å². The number of rotatable bonds is 5. The van der Waals surface area contributed by atoms with E-state index in [1.54, 1.807) is 26.2 Å². The molecular formula is C17H19FN2O2. The minimum Gasteiger partial charge on any atom is -0.490 e. The van der Waals surface area contributed by atoms with Crippen LogP contribution >= 0.6 is 0 Å². The maximum Gasteiger partial charge on any atom is 0.258 e. The van der Waals surface area contributed by atoms with E-state index in [-0.39, 0.29) is 23.3 Å². The van der Waals surface area contributed by atoms with Crippen molar-refractivity contribution in [2.24, 2.45) is 0 Å². The molecule has 0 saturated heterocycles. The van der Waals surface area contributed by atoms with Crippen LogP contribution in [-0.4, -0.2) is 29.4 Å². The lowest BCUT2D eigenvalue weighted by Crippen LogP contribution is -2.30. The van der Waals surface area contributed by atoms with E-state index in [0.29, 0.717) is 6.61 Å². The maximum absolute atomic E-state index is 13.9. The van der Waals surface area contributed by atoms with Crippen LogP contribution in [0.25, 0.3) is 0 Å². The first-order chi connectivity index (χ1) is 10.6. The van der Waals surface area contributed by atoms with Crippen molar-refractivity contribution in [1.29, 1.82) is 0 Å². The van der Waals surface area contributed by atoms with Gasteiger partial charge in [0.15, 0.2) is 11.6 Å². The highest BCUT2D eigenvalue weighted by molar-refractivity contribution is 5.97. The molecule has 1 heterocycles. The highest BCUT2D eigenvalue weighted by Gasteiger charge is 2.24. The van der Waals surface area contributed by atoms with Gasteiger partial charge in [-0.2, -0.15) is 0 Å². The summed E-state index contributed by atoms with van der Waals surface area (Å²) >= 11 is 0. The molecule has 0 spiro atoms. The van der Waals surface area contributed by atoms with E-state index in [0.717, 1.165) is 5.69 Å². The average Bonchev–Trinajstić information content (AvgIpc) is 2.55. The summed E-state index contributed by atoms with van der Waals surface area (Å²) < 4.78 is 19.2. The van der Waals surface area contributed by atoms with Gasteiger partial charge in [-0.05, 0) is 38.1 Å². The normalized spacial score (nSPS) is 11.8. The van der Waals surface area contributed by atoms with Gasteiger partial charge in [0.25, 0.3) is 5.91 Å². The van der Waals surface area contributed by atoms with Crippen LogP contribution in [0.15, 0.2) is 42.6 Å². The highest BCUT2D eigenvalue weighted by Crippen LogP contribution is 2.26. The van der Waals surface area contributed by atoms with Gasteiger partial charge in [0.05, 0.1) is 23.9 Å². The van der Waals surface area contributed by atoms with Crippen LogP contribution < -0.4 is 4.74 Å². The number of halogens is 1. The van der Waals surface area contributed by atoms with Crippen LogP contribution in [0.2, 0.25) is 0 Å². The van der Waals surface area contributed by atoms with Gasteiger partial charge in [0, 0.05) is 13.2 Å². The average molecular weight is 302 g/mol. The quantitative estimate of drug-likeness (QED) is 0.849. The Morgan fingerprint density at radius 3 is 2.73 bits per heavy atom. The topological polar surface area (TPSA) is 42.4 Å². The summed E-state index contributed by atoms with van der Waals surface area (Å²) in [5, 5.41) is 0. The maximum atomic E-state index is 13.9. The number of carbonyl (C=O) groups is 1. The lowest BCUT2D eigenvalue weighted by molar-refractivity contribution is 0.0734. The number of amides is 1. The van der Waals surface area contributed by atoms with Crippen molar-refractivity contribution in [2.75, 3.05) is 13.7 Å². The summed E-state index contributed by atoms with van der Waals surface area (Å²) in [5.41, 5.74) is 0.986. The minimum absolute atomic E-state index is 0.00456. The molecular weight excluding hydrogens is 283 g/mol. The molecule has 0 aliphatic carbocycles. The minimum atomic E-state index is -0.536. The van der Waals surface area contributed by atoms with Crippen LogP contribution in [0.3, 0.4) is 0 Å². The first kappa shape index (κ1) is 15.9. The zero-order chi connectivity index (χ0) is 16.1. The fraction of sp³-hybridized carbons (Fsp3) is 0.294. The van der Waals surface area contributed by atoms with Crippen molar-refractivity contribution in [2.45, 2.75) is 19.9 Å². The van der Waals surface area contributed by atoms with Gasteiger partial charge in [-0.1, -0.05) is 12.1 Å². The van der Waals surface area contributed by atoms with Crippen molar-refractivity contribution in [3.05, 3.63) is 59.7 Å². The molecule has 0 aliphatic heterocycles. The predicted octanol–water partition coefficient (Wildman–Crippen LogP) is 3.45. The molecule has 5 heteroatoms. The number of ether oxygens (including phenoxy) is 1. The molecule has 22 heavy (non-hydrogen) atoms. The largest absolute Gasteiger partial charge is 0.490 e. The number of para-hydroxylation sites is 1. The summed E-state index contributed by atoms with van der Waals surface area (Å²) in [6.07, 6.45) is 1.68. The van der Waals surface area contributed by atoms with Crippen LogP contribution in [0, 0.1) is 5.82 Å². The first-order valence-corrected chi connectivity index (χ1v) is 7.15. The van der Waals surface area contributed by atoms with E-state index < -0.39 is 5.82 Å². The third-order valence-electron chi connectivity index (χ3n) is 3.50. The van der Waals surface area contributed by atoms with Gasteiger partial charge in [0.1, 0.15) is 0 Å². The third kappa shape index (κ3) is 3.24. The first-order valence-electron chi connectivity index (χ1n) is 7.15. The molecule has 2 rings (SSSR count). The molecule has 1 amide bonds. The summed E-state index contributed by atoms with van der Waals surface area (Å²) in [6, 6.07) is 9.66. The lowest BCUT2D eigenvalue weighted by Gasteiger charge is -2.25. The number of carbonyl (C=O) groups excluding carboxylic acids is 1. The van der Waals surface area contributed by atoms with Crippen LogP contribution in [0.4, 0.5) is 4.39 Å². The Hall–Kier alpha value is -2.43.